The van der Waals surface area contributed by atoms with E-state index in [9.17, 15) is 14.7 Å². The van der Waals surface area contributed by atoms with Gasteiger partial charge in [0.2, 0.25) is 0 Å². The van der Waals surface area contributed by atoms with E-state index in [1.54, 1.807) is 6.08 Å². The molecule has 2 unspecified atom stereocenters. The number of unbranched alkanes of at least 4 members (excludes halogenated alkanes) is 1. The zero-order valence-corrected chi connectivity index (χ0v) is 16.4. The Morgan fingerprint density at radius 1 is 1.35 bits per heavy atom. The van der Waals surface area contributed by atoms with Crippen molar-refractivity contribution in [1.82, 2.24) is 0 Å². The predicted octanol–water partition coefficient (Wildman–Crippen LogP) is 4.15. The van der Waals surface area contributed by atoms with Crippen LogP contribution in [-0.4, -0.2) is 28.1 Å². The van der Waals surface area contributed by atoms with Gasteiger partial charge in [-0.3, -0.25) is 9.59 Å². The first-order valence-corrected chi connectivity index (χ1v) is 9.97. The Hall–Kier alpha value is -1.64. The molecule has 1 fully saturated rings. The zero-order valence-electron chi connectivity index (χ0n) is 14.8. The third kappa shape index (κ3) is 6.26. The highest BCUT2D eigenvalue weighted by molar-refractivity contribution is 9.12. The summed E-state index contributed by atoms with van der Waals surface area (Å²) >= 11 is 3.28. The van der Waals surface area contributed by atoms with Crippen molar-refractivity contribution >= 4 is 27.7 Å². The van der Waals surface area contributed by atoms with E-state index in [0.717, 1.165) is 12.8 Å². The SMILES string of the molecule is O=C(O)CCCC#CC=C1C(=O)C(Br)=CC1C=CC(O)C1CCCCC1. The van der Waals surface area contributed by atoms with Crippen molar-refractivity contribution in [3.05, 3.63) is 34.4 Å². The number of Topliss-reactive ketones (excluding diaryl/α,β-unsaturated/α-hetero) is 1. The van der Waals surface area contributed by atoms with Gasteiger partial charge in [-0.1, -0.05) is 49.3 Å². The first-order chi connectivity index (χ1) is 12.5. The lowest BCUT2D eigenvalue weighted by Crippen LogP contribution is -2.20. The Balaban J connectivity index is 1.97. The van der Waals surface area contributed by atoms with E-state index in [4.69, 9.17) is 5.11 Å². The topological polar surface area (TPSA) is 74.6 Å². The van der Waals surface area contributed by atoms with E-state index >= 15 is 0 Å². The Kier molecular flexibility index (Phi) is 8.34. The molecule has 0 saturated heterocycles. The van der Waals surface area contributed by atoms with Crippen LogP contribution in [0.5, 0.6) is 0 Å². The van der Waals surface area contributed by atoms with Crippen molar-refractivity contribution < 1.29 is 19.8 Å². The highest BCUT2D eigenvalue weighted by Crippen LogP contribution is 2.32. The van der Waals surface area contributed by atoms with Gasteiger partial charge < -0.3 is 10.2 Å². The maximum atomic E-state index is 12.2. The average molecular weight is 421 g/mol. The lowest BCUT2D eigenvalue weighted by Gasteiger charge is -2.24. The Bertz CT molecular complexity index is 672. The van der Waals surface area contributed by atoms with Crippen LogP contribution in [0.25, 0.3) is 0 Å². The highest BCUT2D eigenvalue weighted by atomic mass is 79.9. The van der Waals surface area contributed by atoms with Gasteiger partial charge in [0, 0.05) is 24.3 Å². The van der Waals surface area contributed by atoms with Gasteiger partial charge in [-0.25, -0.2) is 0 Å². The minimum atomic E-state index is -0.828. The van der Waals surface area contributed by atoms with Gasteiger partial charge in [0.05, 0.1) is 10.6 Å². The number of aliphatic carboxylic acids is 1. The molecule has 0 aromatic carbocycles. The highest BCUT2D eigenvalue weighted by Gasteiger charge is 2.27. The number of halogens is 1. The van der Waals surface area contributed by atoms with Gasteiger partial charge in [0.15, 0.2) is 5.78 Å². The first kappa shape index (κ1) is 20.7. The first-order valence-electron chi connectivity index (χ1n) is 9.17. The molecule has 1 saturated carbocycles. The Morgan fingerprint density at radius 2 is 2.08 bits per heavy atom. The maximum Gasteiger partial charge on any atom is 0.303 e. The summed E-state index contributed by atoms with van der Waals surface area (Å²) < 4.78 is 0.512. The minimum absolute atomic E-state index is 0.0911. The third-order valence-electron chi connectivity index (χ3n) is 4.83. The third-order valence-corrected chi connectivity index (χ3v) is 5.46. The molecule has 2 rings (SSSR count). The molecule has 0 aliphatic heterocycles. The standard InChI is InChI=1S/C21H25BrO4/c22-18-14-16(12-13-19(23)15-8-4-3-5-9-15)17(21(18)26)10-6-1-2-7-11-20(24)25/h10,12-16,19,23H,2-5,7-9,11H2,(H,24,25). The van der Waals surface area contributed by atoms with E-state index in [1.165, 1.54) is 19.3 Å². The number of rotatable bonds is 6. The number of carboxylic acid groups (broad SMARTS) is 1. The molecule has 2 aliphatic carbocycles. The molecule has 0 amide bonds. The van der Waals surface area contributed by atoms with Crippen LogP contribution in [0, 0.1) is 23.7 Å². The summed E-state index contributed by atoms with van der Waals surface area (Å²) in [4.78, 5) is 22.7. The summed E-state index contributed by atoms with van der Waals surface area (Å²) in [6.07, 6.45) is 13.4. The van der Waals surface area contributed by atoms with Crippen LogP contribution in [0.3, 0.4) is 0 Å². The fourth-order valence-corrected chi connectivity index (χ4v) is 3.84. The second-order valence-electron chi connectivity index (χ2n) is 6.81. The summed E-state index contributed by atoms with van der Waals surface area (Å²) in [6, 6.07) is 0. The predicted molar refractivity (Wildman–Crippen MR) is 105 cm³/mol. The van der Waals surface area contributed by atoms with Crippen molar-refractivity contribution in [1.29, 1.82) is 0 Å². The Labute approximate surface area is 163 Å². The second kappa shape index (κ2) is 10.5. The van der Waals surface area contributed by atoms with E-state index in [2.05, 4.69) is 27.8 Å². The largest absolute Gasteiger partial charge is 0.481 e. The average Bonchev–Trinajstić information content (AvgIpc) is 2.90. The van der Waals surface area contributed by atoms with Crippen LogP contribution in [-0.2, 0) is 9.59 Å². The number of carbonyl (C=O) groups is 2. The number of carboxylic acids is 1. The summed E-state index contributed by atoms with van der Waals surface area (Å²) in [6.45, 7) is 0. The van der Waals surface area contributed by atoms with Crippen molar-refractivity contribution in [2.24, 2.45) is 11.8 Å². The molecular formula is C21H25BrO4. The summed E-state index contributed by atoms with van der Waals surface area (Å²) in [7, 11) is 0. The molecule has 0 bridgehead atoms. The smallest absolute Gasteiger partial charge is 0.303 e. The van der Waals surface area contributed by atoms with Crippen LogP contribution in [0.4, 0.5) is 0 Å². The van der Waals surface area contributed by atoms with Gasteiger partial charge in [-0.05, 0) is 47.2 Å². The van der Waals surface area contributed by atoms with Crippen molar-refractivity contribution in [2.45, 2.75) is 57.5 Å². The van der Waals surface area contributed by atoms with E-state index < -0.39 is 12.1 Å². The van der Waals surface area contributed by atoms with Gasteiger partial charge in [0.25, 0.3) is 0 Å². The number of ketones is 1. The normalized spacial score (nSPS) is 23.8. The molecule has 0 aromatic rings. The van der Waals surface area contributed by atoms with E-state index in [0.29, 0.717) is 28.8 Å². The number of hydrogen-bond acceptors (Lipinski definition) is 3. The number of aliphatic hydroxyl groups excluding tert-OH is 1. The zero-order chi connectivity index (χ0) is 18.9. The van der Waals surface area contributed by atoms with Crippen LogP contribution >= 0.6 is 15.9 Å². The van der Waals surface area contributed by atoms with Crippen LogP contribution in [0.2, 0.25) is 0 Å². The van der Waals surface area contributed by atoms with Crippen LogP contribution in [0.15, 0.2) is 34.4 Å². The fraction of sp³-hybridized carbons (Fsp3) is 0.524. The molecule has 0 spiro atoms. The molecule has 140 valence electrons. The fourth-order valence-electron chi connectivity index (χ4n) is 3.33. The lowest BCUT2D eigenvalue weighted by atomic mass is 9.85. The summed E-state index contributed by atoms with van der Waals surface area (Å²) in [5, 5.41) is 19.0. The molecule has 0 heterocycles. The van der Waals surface area contributed by atoms with E-state index in [1.807, 2.05) is 18.2 Å². The number of aliphatic hydroxyl groups is 1. The molecule has 2 aliphatic rings. The van der Waals surface area contributed by atoms with Gasteiger partial charge in [0.1, 0.15) is 0 Å². The molecule has 26 heavy (non-hydrogen) atoms. The molecule has 2 atom stereocenters. The molecule has 5 heteroatoms. The van der Waals surface area contributed by atoms with Crippen LogP contribution in [0.1, 0.15) is 51.4 Å². The molecule has 2 N–H and O–H groups in total. The summed E-state index contributed by atoms with van der Waals surface area (Å²) in [5.41, 5.74) is 0.578. The van der Waals surface area contributed by atoms with Gasteiger partial charge >= 0.3 is 5.97 Å². The number of allylic oxidation sites excluding steroid dienone is 5. The number of carbonyl (C=O) groups excluding carboxylic acids is 1. The quantitative estimate of drug-likeness (QED) is 0.293. The minimum Gasteiger partial charge on any atom is -0.481 e. The monoisotopic (exact) mass is 420 g/mol. The second-order valence-corrected chi connectivity index (χ2v) is 7.67. The maximum absolute atomic E-state index is 12.2. The van der Waals surface area contributed by atoms with Crippen molar-refractivity contribution in [2.75, 3.05) is 0 Å². The van der Waals surface area contributed by atoms with Crippen molar-refractivity contribution in [3.8, 4) is 11.8 Å². The van der Waals surface area contributed by atoms with Crippen LogP contribution < -0.4 is 0 Å². The summed E-state index contributed by atoms with van der Waals surface area (Å²) in [5.74, 6) is 4.94. The molecule has 0 aromatic heterocycles. The van der Waals surface area contributed by atoms with Crippen molar-refractivity contribution in [3.63, 3.8) is 0 Å². The number of hydrogen-bond donors (Lipinski definition) is 2. The lowest BCUT2D eigenvalue weighted by molar-refractivity contribution is -0.137. The van der Waals surface area contributed by atoms with Gasteiger partial charge in [-0.2, -0.15) is 0 Å². The Morgan fingerprint density at radius 3 is 2.77 bits per heavy atom. The van der Waals surface area contributed by atoms with Gasteiger partial charge in [-0.15, -0.1) is 0 Å². The molecule has 4 nitrogen and oxygen atoms in total. The van der Waals surface area contributed by atoms with E-state index in [-0.39, 0.29) is 18.1 Å². The molecule has 0 radical (unpaired) electrons. The molecular weight excluding hydrogens is 396 g/mol.